The van der Waals surface area contributed by atoms with Gasteiger partial charge < -0.3 is 4.74 Å². The van der Waals surface area contributed by atoms with Gasteiger partial charge in [0, 0.05) is 5.92 Å². The monoisotopic (exact) mass is 242 g/mol. The Kier molecular flexibility index (Phi) is 3.28. The highest BCUT2D eigenvalue weighted by atomic mass is 32.2. The maximum Gasteiger partial charge on any atom is 0.268 e. The molecule has 0 aliphatic heterocycles. The van der Waals surface area contributed by atoms with Crippen molar-refractivity contribution in [3.05, 3.63) is 35.9 Å². The van der Waals surface area contributed by atoms with E-state index in [2.05, 4.69) is 0 Å². The summed E-state index contributed by atoms with van der Waals surface area (Å²) in [5.74, 6) is -0.0429. The Hall–Kier alpha value is -0.910. The molecule has 0 spiro atoms. The maximum absolute atomic E-state index is 10.7. The van der Waals surface area contributed by atoms with Crippen LogP contribution in [0.2, 0.25) is 0 Å². The molecule has 5 heteroatoms. The fourth-order valence-corrected chi connectivity index (χ4v) is 2.72. The molecule has 0 amide bonds. The lowest BCUT2D eigenvalue weighted by atomic mass is 10.2. The lowest BCUT2D eigenvalue weighted by Gasteiger charge is -2.03. The van der Waals surface area contributed by atoms with Gasteiger partial charge in [-0.25, -0.2) is 0 Å². The average molecular weight is 242 g/mol. The molecular weight excluding hydrogens is 228 g/mol. The van der Waals surface area contributed by atoms with Gasteiger partial charge in [0.05, 0.1) is 18.5 Å². The quantitative estimate of drug-likeness (QED) is 0.794. The van der Waals surface area contributed by atoms with Crippen LogP contribution in [0.15, 0.2) is 30.3 Å². The summed E-state index contributed by atoms with van der Waals surface area (Å²) in [6, 6.07) is 9.69. The van der Waals surface area contributed by atoms with Gasteiger partial charge >= 0.3 is 0 Å². The maximum atomic E-state index is 10.7. The van der Waals surface area contributed by atoms with Crippen molar-refractivity contribution in [2.24, 2.45) is 5.92 Å². The predicted molar refractivity (Wildman–Crippen MR) is 59.5 cm³/mol. The second kappa shape index (κ2) is 4.53. The molecule has 0 heterocycles. The van der Waals surface area contributed by atoms with E-state index < -0.39 is 15.4 Å². The van der Waals surface area contributed by atoms with E-state index in [9.17, 15) is 8.42 Å². The standard InChI is InChI=1S/C11H14O4S/c12-16(13,14)11-6-10(11)8-15-7-9-4-2-1-3-5-9/h1-5,10-11H,6-8H2,(H,12,13,14). The number of hydrogen-bond donors (Lipinski definition) is 1. The largest absolute Gasteiger partial charge is 0.376 e. The van der Waals surface area contributed by atoms with E-state index in [0.29, 0.717) is 19.6 Å². The molecule has 0 bridgehead atoms. The molecule has 1 aromatic rings. The Labute approximate surface area is 95.0 Å². The molecule has 4 nitrogen and oxygen atoms in total. The summed E-state index contributed by atoms with van der Waals surface area (Å²) in [6.45, 7) is 0.870. The zero-order valence-electron chi connectivity index (χ0n) is 8.74. The average Bonchev–Trinajstić information content (AvgIpc) is 2.98. The molecule has 2 atom stereocenters. The van der Waals surface area contributed by atoms with Crippen LogP contribution in [0.5, 0.6) is 0 Å². The molecule has 1 saturated carbocycles. The summed E-state index contributed by atoms with van der Waals surface area (Å²) in [7, 11) is -3.85. The first-order valence-electron chi connectivity index (χ1n) is 5.15. The van der Waals surface area contributed by atoms with Crippen molar-refractivity contribution in [1.82, 2.24) is 0 Å². The first-order valence-corrected chi connectivity index (χ1v) is 6.65. The molecule has 2 unspecified atom stereocenters. The number of rotatable bonds is 5. The van der Waals surface area contributed by atoms with E-state index in [4.69, 9.17) is 9.29 Å². The highest BCUT2D eigenvalue weighted by molar-refractivity contribution is 7.86. The van der Waals surface area contributed by atoms with Crippen molar-refractivity contribution in [3.8, 4) is 0 Å². The minimum absolute atomic E-state index is 0.0429. The Morgan fingerprint density at radius 3 is 2.56 bits per heavy atom. The van der Waals surface area contributed by atoms with Crippen LogP contribution in [0.4, 0.5) is 0 Å². The minimum Gasteiger partial charge on any atom is -0.376 e. The highest BCUT2D eigenvalue weighted by Crippen LogP contribution is 2.36. The number of benzene rings is 1. The molecule has 88 valence electrons. The molecule has 1 aliphatic carbocycles. The molecule has 2 rings (SSSR count). The highest BCUT2D eigenvalue weighted by Gasteiger charge is 2.46. The summed E-state index contributed by atoms with van der Waals surface area (Å²) in [5.41, 5.74) is 1.06. The van der Waals surface area contributed by atoms with E-state index in [1.54, 1.807) is 0 Å². The smallest absolute Gasteiger partial charge is 0.268 e. The van der Waals surface area contributed by atoms with E-state index in [1.807, 2.05) is 30.3 Å². The fraction of sp³-hybridized carbons (Fsp3) is 0.455. The first-order chi connectivity index (χ1) is 7.57. The second-order valence-electron chi connectivity index (χ2n) is 4.05. The molecule has 1 aliphatic rings. The van der Waals surface area contributed by atoms with E-state index in [-0.39, 0.29) is 5.92 Å². The number of hydrogen-bond acceptors (Lipinski definition) is 3. The van der Waals surface area contributed by atoms with Crippen LogP contribution < -0.4 is 0 Å². The molecular formula is C11H14O4S. The fourth-order valence-electron chi connectivity index (χ4n) is 1.66. The SMILES string of the molecule is O=S(=O)(O)C1CC1COCc1ccccc1. The molecule has 0 saturated heterocycles. The molecule has 1 N–H and O–H groups in total. The Balaban J connectivity index is 1.71. The van der Waals surface area contributed by atoms with Gasteiger partial charge in [-0.15, -0.1) is 0 Å². The normalized spacial score (nSPS) is 24.3. The third-order valence-corrected chi connectivity index (χ3v) is 4.03. The van der Waals surface area contributed by atoms with Gasteiger partial charge in [0.1, 0.15) is 0 Å². The van der Waals surface area contributed by atoms with E-state index in [1.165, 1.54) is 0 Å². The third kappa shape index (κ3) is 3.04. The van der Waals surface area contributed by atoms with Crippen LogP contribution in [0, 0.1) is 5.92 Å². The Bertz CT molecular complexity index is 440. The van der Waals surface area contributed by atoms with Crippen LogP contribution in [-0.4, -0.2) is 24.8 Å². The Morgan fingerprint density at radius 2 is 2.00 bits per heavy atom. The zero-order chi connectivity index (χ0) is 11.6. The summed E-state index contributed by atoms with van der Waals surface area (Å²) in [6.07, 6.45) is 0.508. The van der Waals surface area contributed by atoms with Crippen LogP contribution in [0.3, 0.4) is 0 Å². The molecule has 0 aromatic heterocycles. The number of ether oxygens (including phenoxy) is 1. The summed E-state index contributed by atoms with van der Waals surface area (Å²) >= 11 is 0. The van der Waals surface area contributed by atoms with Crippen molar-refractivity contribution in [1.29, 1.82) is 0 Å². The zero-order valence-corrected chi connectivity index (χ0v) is 9.56. The van der Waals surface area contributed by atoms with E-state index in [0.717, 1.165) is 5.56 Å². The van der Waals surface area contributed by atoms with Crippen molar-refractivity contribution in [2.45, 2.75) is 18.3 Å². The third-order valence-electron chi connectivity index (χ3n) is 2.68. The first kappa shape index (κ1) is 11.6. The van der Waals surface area contributed by atoms with Gasteiger partial charge in [-0.1, -0.05) is 30.3 Å². The van der Waals surface area contributed by atoms with Gasteiger partial charge in [0.25, 0.3) is 10.1 Å². The van der Waals surface area contributed by atoms with E-state index >= 15 is 0 Å². The second-order valence-corrected chi connectivity index (χ2v) is 5.69. The van der Waals surface area contributed by atoms with Crippen molar-refractivity contribution in [3.63, 3.8) is 0 Å². The molecule has 1 aromatic carbocycles. The van der Waals surface area contributed by atoms with Crippen LogP contribution in [0.1, 0.15) is 12.0 Å². The van der Waals surface area contributed by atoms with Crippen molar-refractivity contribution in [2.75, 3.05) is 6.61 Å². The lowest BCUT2D eigenvalue weighted by molar-refractivity contribution is 0.111. The predicted octanol–water partition coefficient (Wildman–Crippen LogP) is 1.48. The summed E-state index contributed by atoms with van der Waals surface area (Å²) < 4.78 is 35.6. The summed E-state index contributed by atoms with van der Waals surface area (Å²) in [5, 5.41) is -0.608. The molecule has 0 radical (unpaired) electrons. The van der Waals surface area contributed by atoms with Crippen LogP contribution >= 0.6 is 0 Å². The van der Waals surface area contributed by atoms with Crippen LogP contribution in [0.25, 0.3) is 0 Å². The molecule has 1 fully saturated rings. The van der Waals surface area contributed by atoms with Gasteiger partial charge in [0.15, 0.2) is 0 Å². The van der Waals surface area contributed by atoms with Gasteiger partial charge in [-0.05, 0) is 12.0 Å². The van der Waals surface area contributed by atoms with Crippen LogP contribution in [-0.2, 0) is 21.5 Å². The molecule has 16 heavy (non-hydrogen) atoms. The van der Waals surface area contributed by atoms with Crippen molar-refractivity contribution < 1.29 is 17.7 Å². The Morgan fingerprint density at radius 1 is 1.31 bits per heavy atom. The lowest BCUT2D eigenvalue weighted by Crippen LogP contribution is -2.09. The van der Waals surface area contributed by atoms with Gasteiger partial charge in [0.2, 0.25) is 0 Å². The topological polar surface area (TPSA) is 63.6 Å². The van der Waals surface area contributed by atoms with Gasteiger partial charge in [-0.3, -0.25) is 4.55 Å². The van der Waals surface area contributed by atoms with Gasteiger partial charge in [-0.2, -0.15) is 8.42 Å². The summed E-state index contributed by atoms with van der Waals surface area (Å²) in [4.78, 5) is 0. The van der Waals surface area contributed by atoms with Crippen molar-refractivity contribution >= 4 is 10.1 Å². The minimum atomic E-state index is -3.85.